The zero-order chi connectivity index (χ0) is 16.1. The van der Waals surface area contributed by atoms with Crippen LogP contribution in [0.15, 0.2) is 24.3 Å². The zero-order valence-electron chi connectivity index (χ0n) is 13.4. The molecule has 0 atom stereocenters. The molecule has 4 nitrogen and oxygen atoms in total. The molecule has 0 saturated carbocycles. The molecule has 2 rings (SSSR count). The van der Waals surface area contributed by atoms with Gasteiger partial charge >= 0.3 is 5.97 Å². The van der Waals surface area contributed by atoms with Crippen LogP contribution in [0.4, 0.5) is 5.69 Å². The molecule has 0 N–H and O–H groups in total. The molecule has 0 amide bonds. The van der Waals surface area contributed by atoms with Crippen LogP contribution in [0.5, 0.6) is 0 Å². The van der Waals surface area contributed by atoms with Gasteiger partial charge in [-0.15, -0.1) is 0 Å². The van der Waals surface area contributed by atoms with E-state index in [-0.39, 0.29) is 12.7 Å². The summed E-state index contributed by atoms with van der Waals surface area (Å²) in [5, 5.41) is 8.97. The van der Waals surface area contributed by atoms with Gasteiger partial charge in [0, 0.05) is 24.7 Å². The Morgan fingerprint density at radius 2 is 2.09 bits per heavy atom. The molecule has 0 unspecified atom stereocenters. The van der Waals surface area contributed by atoms with Gasteiger partial charge in [-0.2, -0.15) is 0 Å². The highest BCUT2D eigenvalue weighted by Crippen LogP contribution is 2.27. The van der Waals surface area contributed by atoms with E-state index in [0.717, 1.165) is 42.5 Å². The molecule has 1 heterocycles. The number of aryl methyl sites for hydroxylation is 1. The Morgan fingerprint density at radius 3 is 2.59 bits per heavy atom. The number of nitriles is 1. The van der Waals surface area contributed by atoms with Gasteiger partial charge in [-0.1, -0.05) is 12.1 Å². The summed E-state index contributed by atoms with van der Waals surface area (Å²) >= 11 is 0. The van der Waals surface area contributed by atoms with Crippen molar-refractivity contribution in [2.75, 3.05) is 25.1 Å². The molecular formula is C17H21BN2O2. The van der Waals surface area contributed by atoms with Gasteiger partial charge in [-0.25, -0.2) is 10.1 Å². The predicted octanol–water partition coefficient (Wildman–Crippen LogP) is 2.95. The zero-order valence-corrected chi connectivity index (χ0v) is 13.4. The van der Waals surface area contributed by atoms with Crippen molar-refractivity contribution in [3.05, 3.63) is 35.4 Å². The number of allylic oxidation sites excluding steroid dienone is 1. The molecule has 22 heavy (non-hydrogen) atoms. The number of methoxy groups -OCH3 is 1. The van der Waals surface area contributed by atoms with Crippen molar-refractivity contribution in [1.29, 1.82) is 5.26 Å². The maximum absolute atomic E-state index is 11.8. The molecule has 1 aromatic carbocycles. The Balaban J connectivity index is 2.20. The lowest BCUT2D eigenvalue weighted by Crippen LogP contribution is -2.36. The van der Waals surface area contributed by atoms with E-state index in [9.17, 15) is 4.79 Å². The lowest BCUT2D eigenvalue weighted by molar-refractivity contribution is -0.133. The van der Waals surface area contributed by atoms with Gasteiger partial charge < -0.3 is 9.64 Å². The second-order valence-corrected chi connectivity index (χ2v) is 5.58. The highest BCUT2D eigenvalue weighted by atomic mass is 16.5. The van der Waals surface area contributed by atoms with E-state index in [1.165, 1.54) is 7.11 Å². The quantitative estimate of drug-likeness (QED) is 0.489. The average Bonchev–Trinajstić information content (AvgIpc) is 2.56. The Morgan fingerprint density at radius 1 is 1.41 bits per heavy atom. The summed E-state index contributed by atoms with van der Waals surface area (Å²) < 4.78 is 4.84. The van der Waals surface area contributed by atoms with E-state index in [1.54, 1.807) is 6.08 Å². The highest BCUT2D eigenvalue weighted by Gasteiger charge is 2.23. The number of benzene rings is 1. The maximum Gasteiger partial charge on any atom is 0.338 e. The summed E-state index contributed by atoms with van der Waals surface area (Å²) in [6.07, 6.45) is 3.62. The van der Waals surface area contributed by atoms with Crippen LogP contribution in [-0.4, -0.2) is 32.9 Å². The van der Waals surface area contributed by atoms with Crippen molar-refractivity contribution in [1.82, 2.24) is 0 Å². The normalized spacial score (nSPS) is 15.5. The minimum absolute atomic E-state index is 0.186. The number of ether oxygens (including phenoxy) is 1. The van der Waals surface area contributed by atoms with Crippen molar-refractivity contribution >= 4 is 23.9 Å². The molecule has 5 heteroatoms. The SMILES string of the molecule is C/C=C(/C(=O)OC)c1ccc(N2CCB(C#N)CC2)cc1C. The summed E-state index contributed by atoms with van der Waals surface area (Å²) in [4.78, 5) is 14.1. The second kappa shape index (κ2) is 7.17. The third kappa shape index (κ3) is 3.33. The van der Waals surface area contributed by atoms with E-state index in [2.05, 4.69) is 16.9 Å². The number of nitrogens with zero attached hydrogens (tertiary/aromatic N) is 2. The first-order chi connectivity index (χ1) is 10.6. The number of hydrogen-bond donors (Lipinski definition) is 0. The summed E-state index contributed by atoms with van der Waals surface area (Å²) in [5.41, 5.74) is 3.70. The van der Waals surface area contributed by atoms with Crippen LogP contribution in [0.25, 0.3) is 5.57 Å². The van der Waals surface area contributed by atoms with Crippen molar-refractivity contribution in [2.45, 2.75) is 26.5 Å². The van der Waals surface area contributed by atoms with Gasteiger partial charge in [-0.3, -0.25) is 0 Å². The fourth-order valence-corrected chi connectivity index (χ4v) is 2.91. The van der Waals surface area contributed by atoms with Crippen molar-refractivity contribution in [3.63, 3.8) is 0 Å². The summed E-state index contributed by atoms with van der Waals surface area (Å²) in [7, 11) is 1.40. The van der Waals surface area contributed by atoms with Gasteiger partial charge in [0.2, 0.25) is 0 Å². The van der Waals surface area contributed by atoms with Gasteiger partial charge in [0.05, 0.1) is 12.7 Å². The fourth-order valence-electron chi connectivity index (χ4n) is 2.91. The molecule has 1 aliphatic rings. The third-order valence-electron chi connectivity index (χ3n) is 4.24. The molecule has 1 aromatic rings. The second-order valence-electron chi connectivity index (χ2n) is 5.58. The molecule has 1 saturated heterocycles. The fraction of sp³-hybridized carbons (Fsp3) is 0.412. The summed E-state index contributed by atoms with van der Waals surface area (Å²) in [6, 6.07) is 6.13. The van der Waals surface area contributed by atoms with Crippen LogP contribution in [-0.2, 0) is 9.53 Å². The van der Waals surface area contributed by atoms with E-state index in [1.807, 2.05) is 26.0 Å². The number of anilines is 1. The van der Waals surface area contributed by atoms with Crippen LogP contribution in [0.3, 0.4) is 0 Å². The van der Waals surface area contributed by atoms with Crippen LogP contribution < -0.4 is 4.90 Å². The molecule has 0 spiro atoms. The summed E-state index contributed by atoms with van der Waals surface area (Å²) in [5.74, 6) is 2.04. The van der Waals surface area contributed by atoms with Crippen molar-refractivity contribution < 1.29 is 9.53 Å². The predicted molar refractivity (Wildman–Crippen MR) is 90.0 cm³/mol. The smallest absolute Gasteiger partial charge is 0.338 e. The van der Waals surface area contributed by atoms with Gasteiger partial charge in [0.1, 0.15) is 0 Å². The standard InChI is InChI=1S/C17H21BN2O2/c1-4-15(17(21)22-3)16-6-5-14(11-13(16)2)20-9-7-18(12-19)8-10-20/h4-6,11H,7-10H2,1-3H3/b15-4+. The van der Waals surface area contributed by atoms with E-state index in [4.69, 9.17) is 10.00 Å². The molecule has 1 aliphatic heterocycles. The molecule has 0 radical (unpaired) electrons. The van der Waals surface area contributed by atoms with Crippen molar-refractivity contribution in [3.8, 4) is 5.97 Å². The first kappa shape index (κ1) is 16.2. The monoisotopic (exact) mass is 296 g/mol. The minimum Gasteiger partial charge on any atom is -0.465 e. The molecule has 0 aromatic heterocycles. The lowest BCUT2D eigenvalue weighted by atomic mass is 9.45. The lowest BCUT2D eigenvalue weighted by Gasteiger charge is -2.30. The minimum atomic E-state index is -0.312. The van der Waals surface area contributed by atoms with Gasteiger partial charge in [-0.05, 0) is 49.7 Å². The number of carbonyl (C=O) groups is 1. The van der Waals surface area contributed by atoms with E-state index in [0.29, 0.717) is 5.57 Å². The molecule has 1 fully saturated rings. The molecule has 0 aliphatic carbocycles. The van der Waals surface area contributed by atoms with Crippen molar-refractivity contribution in [2.24, 2.45) is 0 Å². The first-order valence-corrected chi connectivity index (χ1v) is 7.61. The molecule has 114 valence electrons. The van der Waals surface area contributed by atoms with Crippen LogP contribution in [0.2, 0.25) is 12.6 Å². The van der Waals surface area contributed by atoms with Crippen LogP contribution >= 0.6 is 0 Å². The van der Waals surface area contributed by atoms with E-state index < -0.39 is 0 Å². The Labute approximate surface area is 132 Å². The summed E-state index contributed by atoms with van der Waals surface area (Å²) in [6.45, 7) is 5.85. The third-order valence-corrected chi connectivity index (χ3v) is 4.24. The van der Waals surface area contributed by atoms with E-state index >= 15 is 0 Å². The van der Waals surface area contributed by atoms with Gasteiger partial charge in [0.15, 0.2) is 0 Å². The average molecular weight is 296 g/mol. The number of rotatable bonds is 3. The Hall–Kier alpha value is -2.22. The van der Waals surface area contributed by atoms with Crippen LogP contribution in [0.1, 0.15) is 18.1 Å². The first-order valence-electron chi connectivity index (χ1n) is 7.61. The number of carbonyl (C=O) groups excluding carboxylic acids is 1. The highest BCUT2D eigenvalue weighted by molar-refractivity contribution is 6.67. The molecular weight excluding hydrogens is 275 g/mol. The number of esters is 1. The Bertz CT molecular complexity index is 626. The topological polar surface area (TPSA) is 53.3 Å². The Kier molecular flexibility index (Phi) is 5.27. The van der Waals surface area contributed by atoms with Crippen LogP contribution in [0, 0.1) is 18.2 Å². The number of hydrogen-bond acceptors (Lipinski definition) is 4. The maximum atomic E-state index is 11.8. The van der Waals surface area contributed by atoms with Gasteiger partial charge in [0.25, 0.3) is 6.71 Å². The largest absolute Gasteiger partial charge is 0.465 e. The molecule has 0 bridgehead atoms.